The van der Waals surface area contributed by atoms with Crippen LogP contribution in [0.4, 0.5) is 0 Å². The third-order valence-electron chi connectivity index (χ3n) is 1.94. The molecule has 0 amide bonds. The molecular weight excluding hydrogens is 138 g/mol. The molecule has 1 rings (SSSR count). The van der Waals surface area contributed by atoms with Crippen molar-refractivity contribution < 1.29 is 0 Å². The van der Waals surface area contributed by atoms with Crippen molar-refractivity contribution in [2.45, 2.75) is 32.6 Å². The Morgan fingerprint density at radius 1 is 1.45 bits per heavy atom. The highest BCUT2D eigenvalue weighted by Crippen LogP contribution is 2.11. The van der Waals surface area contributed by atoms with Gasteiger partial charge in [0, 0.05) is 18.9 Å². The molecule has 1 aliphatic heterocycles. The highest BCUT2D eigenvalue weighted by Gasteiger charge is 2.07. The Balaban J connectivity index is 2.15. The van der Waals surface area contributed by atoms with Gasteiger partial charge in [-0.25, -0.2) is 0 Å². The Hall–Kier alpha value is -0.700. The first-order valence-corrected chi connectivity index (χ1v) is 4.28. The van der Waals surface area contributed by atoms with E-state index in [0.29, 0.717) is 0 Å². The molecule has 0 spiro atoms. The second kappa shape index (κ2) is 4.23. The van der Waals surface area contributed by atoms with Crippen LogP contribution >= 0.6 is 0 Å². The van der Waals surface area contributed by atoms with E-state index in [9.17, 15) is 0 Å². The van der Waals surface area contributed by atoms with Gasteiger partial charge in [-0.1, -0.05) is 19.8 Å². The van der Waals surface area contributed by atoms with Crippen molar-refractivity contribution in [1.29, 1.82) is 0 Å². The molecule has 0 aromatic heterocycles. The van der Waals surface area contributed by atoms with Crippen LogP contribution in [-0.4, -0.2) is 12.1 Å². The Morgan fingerprint density at radius 3 is 2.82 bits per heavy atom. The summed E-state index contributed by atoms with van der Waals surface area (Å²) >= 11 is 0. The molecule has 0 saturated carbocycles. The van der Waals surface area contributed by atoms with E-state index in [0.717, 1.165) is 0 Å². The van der Waals surface area contributed by atoms with E-state index in [4.69, 9.17) is 0 Å². The first-order chi connectivity index (χ1) is 5.34. The lowest BCUT2D eigenvalue weighted by molar-refractivity contribution is 0.296. The summed E-state index contributed by atoms with van der Waals surface area (Å²) in [7, 11) is 2.03. The second-order valence-corrected chi connectivity index (χ2v) is 2.91. The molecule has 0 radical (unpaired) electrons. The van der Waals surface area contributed by atoms with Crippen LogP contribution in [0.3, 0.4) is 0 Å². The van der Waals surface area contributed by atoms with Gasteiger partial charge in [-0.2, -0.15) is 0 Å². The molecule has 0 saturated heterocycles. The number of rotatable bonds is 4. The summed E-state index contributed by atoms with van der Waals surface area (Å²) in [5, 5.41) is 2.02. The molecule has 0 aromatic rings. The van der Waals surface area contributed by atoms with Crippen LogP contribution in [0.15, 0.2) is 11.9 Å². The Morgan fingerprint density at radius 2 is 2.27 bits per heavy atom. The number of hydrogen-bond acceptors (Lipinski definition) is 3. The third-order valence-corrected chi connectivity index (χ3v) is 1.94. The molecule has 0 atom stereocenters. The summed E-state index contributed by atoms with van der Waals surface area (Å²) in [5.41, 5.74) is 7.30. The van der Waals surface area contributed by atoms with Gasteiger partial charge in [0.25, 0.3) is 0 Å². The van der Waals surface area contributed by atoms with Crippen molar-refractivity contribution in [1.82, 2.24) is 16.0 Å². The average Bonchev–Trinajstić information content (AvgIpc) is 2.37. The lowest BCUT2D eigenvalue weighted by Crippen LogP contribution is -2.33. The molecule has 0 fully saturated rings. The fraction of sp³-hybridized carbons (Fsp3) is 0.750. The lowest BCUT2D eigenvalue weighted by Gasteiger charge is -2.14. The molecule has 64 valence electrons. The van der Waals surface area contributed by atoms with Crippen LogP contribution in [0.5, 0.6) is 0 Å². The van der Waals surface area contributed by atoms with E-state index < -0.39 is 0 Å². The summed E-state index contributed by atoms with van der Waals surface area (Å²) in [6.45, 7) is 2.23. The van der Waals surface area contributed by atoms with Crippen molar-refractivity contribution in [3.05, 3.63) is 11.9 Å². The summed E-state index contributed by atoms with van der Waals surface area (Å²) in [6.07, 6.45) is 7.10. The predicted octanol–water partition coefficient (Wildman–Crippen LogP) is 1.36. The molecule has 0 aliphatic carbocycles. The SMILES string of the molecule is CCCCCC1=CNNN1C. The number of hydrogen-bond donors (Lipinski definition) is 2. The summed E-state index contributed by atoms with van der Waals surface area (Å²) < 4.78 is 0. The van der Waals surface area contributed by atoms with Gasteiger partial charge in [0.15, 0.2) is 0 Å². The minimum Gasteiger partial charge on any atom is -0.309 e. The molecule has 11 heavy (non-hydrogen) atoms. The highest BCUT2D eigenvalue weighted by molar-refractivity contribution is 5.00. The molecule has 2 N–H and O–H groups in total. The normalized spacial score (nSPS) is 16.5. The van der Waals surface area contributed by atoms with Crippen LogP contribution in [0.25, 0.3) is 0 Å². The maximum absolute atomic E-state index is 2.99. The number of nitrogens with one attached hydrogen (secondary N) is 2. The van der Waals surface area contributed by atoms with E-state index in [1.165, 1.54) is 31.4 Å². The van der Waals surface area contributed by atoms with Crippen molar-refractivity contribution in [2.24, 2.45) is 0 Å². The van der Waals surface area contributed by atoms with Gasteiger partial charge >= 0.3 is 0 Å². The number of unbranched alkanes of at least 4 members (excludes halogenated alkanes) is 2. The Bertz CT molecular complexity index is 142. The third kappa shape index (κ3) is 2.42. The summed E-state index contributed by atoms with van der Waals surface area (Å²) in [4.78, 5) is 0. The molecule has 0 aromatic carbocycles. The average molecular weight is 155 g/mol. The van der Waals surface area contributed by atoms with Gasteiger partial charge < -0.3 is 5.43 Å². The minimum absolute atomic E-state index is 1.17. The van der Waals surface area contributed by atoms with E-state index in [2.05, 4.69) is 17.9 Å². The monoisotopic (exact) mass is 155 g/mol. The smallest absolute Gasteiger partial charge is 0.0479 e. The maximum Gasteiger partial charge on any atom is 0.0479 e. The fourth-order valence-electron chi connectivity index (χ4n) is 1.18. The summed E-state index contributed by atoms with van der Waals surface area (Å²) in [6, 6.07) is 0. The van der Waals surface area contributed by atoms with E-state index >= 15 is 0 Å². The largest absolute Gasteiger partial charge is 0.309 e. The number of nitrogens with zero attached hydrogens (tertiary/aromatic N) is 1. The molecule has 0 bridgehead atoms. The molecule has 3 heteroatoms. The lowest BCUT2D eigenvalue weighted by atomic mass is 10.2. The topological polar surface area (TPSA) is 27.3 Å². The minimum atomic E-state index is 1.17. The molecule has 0 unspecified atom stereocenters. The number of allylic oxidation sites excluding steroid dienone is 1. The standard InChI is InChI=1S/C8H17N3/c1-3-4-5-6-8-7-9-10-11(8)2/h7,9-10H,3-6H2,1-2H3. The van der Waals surface area contributed by atoms with Crippen LogP contribution < -0.4 is 11.0 Å². The van der Waals surface area contributed by atoms with Gasteiger partial charge in [0.1, 0.15) is 0 Å². The predicted molar refractivity (Wildman–Crippen MR) is 46.3 cm³/mol. The van der Waals surface area contributed by atoms with Gasteiger partial charge in [0.05, 0.1) is 0 Å². The maximum atomic E-state index is 2.99. The zero-order valence-electron chi connectivity index (χ0n) is 7.35. The second-order valence-electron chi connectivity index (χ2n) is 2.91. The first kappa shape index (κ1) is 8.40. The molecule has 1 aliphatic rings. The molecule has 1 heterocycles. The Kier molecular flexibility index (Phi) is 3.23. The van der Waals surface area contributed by atoms with Crippen LogP contribution in [-0.2, 0) is 0 Å². The van der Waals surface area contributed by atoms with E-state index in [-0.39, 0.29) is 0 Å². The van der Waals surface area contributed by atoms with E-state index in [1.54, 1.807) is 0 Å². The van der Waals surface area contributed by atoms with Gasteiger partial charge in [0.2, 0.25) is 0 Å². The quantitative estimate of drug-likeness (QED) is 0.600. The molecular formula is C8H17N3. The van der Waals surface area contributed by atoms with Crippen molar-refractivity contribution in [3.63, 3.8) is 0 Å². The summed E-state index contributed by atoms with van der Waals surface area (Å²) in [5.74, 6) is 0. The van der Waals surface area contributed by atoms with Crippen molar-refractivity contribution in [2.75, 3.05) is 7.05 Å². The van der Waals surface area contributed by atoms with Gasteiger partial charge in [-0.05, 0) is 12.8 Å². The number of hydrazine groups is 2. The van der Waals surface area contributed by atoms with Gasteiger partial charge in [-0.15, -0.1) is 5.53 Å². The van der Waals surface area contributed by atoms with Crippen LogP contribution in [0.1, 0.15) is 32.6 Å². The zero-order chi connectivity index (χ0) is 8.10. The van der Waals surface area contributed by atoms with E-state index in [1.807, 2.05) is 18.3 Å². The zero-order valence-corrected chi connectivity index (χ0v) is 7.35. The highest BCUT2D eigenvalue weighted by atomic mass is 15.7. The molecule has 3 nitrogen and oxygen atoms in total. The van der Waals surface area contributed by atoms with Crippen LogP contribution in [0, 0.1) is 0 Å². The van der Waals surface area contributed by atoms with Crippen molar-refractivity contribution >= 4 is 0 Å². The van der Waals surface area contributed by atoms with Crippen LogP contribution in [0.2, 0.25) is 0 Å². The van der Waals surface area contributed by atoms with Crippen molar-refractivity contribution in [3.8, 4) is 0 Å². The van der Waals surface area contributed by atoms with Gasteiger partial charge in [-0.3, -0.25) is 5.01 Å². The first-order valence-electron chi connectivity index (χ1n) is 4.28. The fourth-order valence-corrected chi connectivity index (χ4v) is 1.18. The Labute approximate surface area is 68.4 Å².